The zero-order chi connectivity index (χ0) is 18.9. The first-order valence-electron chi connectivity index (χ1n) is 8.02. The molecule has 1 aromatic carbocycles. The van der Waals surface area contributed by atoms with Gasteiger partial charge < -0.3 is 20.6 Å². The van der Waals surface area contributed by atoms with Crippen LogP contribution in [0.2, 0.25) is 0 Å². The van der Waals surface area contributed by atoms with Crippen LogP contribution in [-0.4, -0.2) is 35.1 Å². The summed E-state index contributed by atoms with van der Waals surface area (Å²) >= 11 is 0. The Balaban J connectivity index is 2.77. The van der Waals surface area contributed by atoms with E-state index in [4.69, 9.17) is 9.94 Å². The van der Waals surface area contributed by atoms with Gasteiger partial charge in [0.25, 0.3) is 0 Å². The van der Waals surface area contributed by atoms with Crippen LogP contribution in [0.15, 0.2) is 42.1 Å². The van der Waals surface area contributed by atoms with Gasteiger partial charge in [-0.05, 0) is 38.0 Å². The van der Waals surface area contributed by atoms with E-state index < -0.39 is 17.5 Å². The predicted molar refractivity (Wildman–Crippen MR) is 97.1 cm³/mol. The van der Waals surface area contributed by atoms with E-state index in [2.05, 4.69) is 22.4 Å². The summed E-state index contributed by atoms with van der Waals surface area (Å²) in [4.78, 5) is 24.4. The number of hydrogen-bond donors (Lipinski definition) is 3. The summed E-state index contributed by atoms with van der Waals surface area (Å²) in [5.74, 6) is -0.505. The third-order valence-electron chi connectivity index (χ3n) is 3.63. The number of anilines is 1. The molecule has 136 valence electrons. The number of esters is 1. The van der Waals surface area contributed by atoms with Crippen LogP contribution in [0.3, 0.4) is 0 Å². The summed E-state index contributed by atoms with van der Waals surface area (Å²) in [6.45, 7) is 8.81. The fourth-order valence-electron chi connectivity index (χ4n) is 2.27. The molecule has 0 saturated carbocycles. The number of carbonyl (C=O) groups excluding carboxylic acids is 2. The van der Waals surface area contributed by atoms with E-state index in [9.17, 15) is 9.59 Å². The first-order valence-corrected chi connectivity index (χ1v) is 8.02. The molecule has 7 heteroatoms. The van der Waals surface area contributed by atoms with Gasteiger partial charge in [0.1, 0.15) is 12.1 Å². The monoisotopic (exact) mass is 347 g/mol. The lowest BCUT2D eigenvalue weighted by molar-refractivity contribution is -0.149. The quantitative estimate of drug-likeness (QED) is 0.221. The van der Waals surface area contributed by atoms with Gasteiger partial charge in [0.15, 0.2) is 0 Å². The van der Waals surface area contributed by atoms with Crippen LogP contribution in [-0.2, 0) is 9.53 Å². The van der Waals surface area contributed by atoms with Crippen LogP contribution in [0, 0.1) is 0 Å². The maximum atomic E-state index is 12.2. The van der Waals surface area contributed by atoms with Crippen molar-refractivity contribution < 1.29 is 19.5 Å². The number of oxime groups is 1. The van der Waals surface area contributed by atoms with E-state index in [1.807, 2.05) is 6.92 Å². The fraction of sp³-hybridized carbons (Fsp3) is 0.389. The van der Waals surface area contributed by atoms with E-state index in [0.717, 1.165) is 5.56 Å². The van der Waals surface area contributed by atoms with Crippen LogP contribution < -0.4 is 10.6 Å². The smallest absolute Gasteiger partial charge is 0.331 e. The maximum absolute atomic E-state index is 12.2. The lowest BCUT2D eigenvalue weighted by atomic mass is 9.96. The topological polar surface area (TPSA) is 100 Å². The second-order valence-corrected chi connectivity index (χ2v) is 5.81. The Morgan fingerprint density at radius 3 is 2.52 bits per heavy atom. The van der Waals surface area contributed by atoms with Crippen molar-refractivity contribution in [1.29, 1.82) is 0 Å². The fourth-order valence-corrected chi connectivity index (χ4v) is 2.27. The number of nitrogens with zero attached hydrogens (tertiary/aromatic N) is 1. The molecule has 0 bridgehead atoms. The van der Waals surface area contributed by atoms with E-state index in [-0.39, 0.29) is 6.61 Å². The Morgan fingerprint density at radius 1 is 1.36 bits per heavy atom. The molecule has 0 aromatic heterocycles. The van der Waals surface area contributed by atoms with Crippen LogP contribution in [0.4, 0.5) is 10.5 Å². The summed E-state index contributed by atoms with van der Waals surface area (Å²) in [5.41, 5.74) is 0.626. The van der Waals surface area contributed by atoms with Crippen molar-refractivity contribution in [2.24, 2.45) is 5.16 Å². The van der Waals surface area contributed by atoms with Crippen LogP contribution in [0.25, 0.3) is 0 Å². The third kappa shape index (κ3) is 5.95. The minimum atomic E-state index is -1.12. The molecule has 3 N–H and O–H groups in total. The van der Waals surface area contributed by atoms with Crippen molar-refractivity contribution in [3.63, 3.8) is 0 Å². The molecule has 1 rings (SSSR count). The molecule has 0 spiro atoms. The number of urea groups is 1. The second-order valence-electron chi connectivity index (χ2n) is 5.81. The predicted octanol–water partition coefficient (Wildman–Crippen LogP) is 3.29. The maximum Gasteiger partial charge on any atom is 0.331 e. The summed E-state index contributed by atoms with van der Waals surface area (Å²) in [6.07, 6.45) is 2.62. The van der Waals surface area contributed by atoms with Crippen molar-refractivity contribution in [3.05, 3.63) is 42.5 Å². The third-order valence-corrected chi connectivity index (χ3v) is 3.63. The lowest BCUT2D eigenvalue weighted by Gasteiger charge is -2.28. The average molecular weight is 347 g/mol. The molecule has 1 aromatic rings. The molecular weight excluding hydrogens is 322 g/mol. The number of nitrogens with one attached hydrogen (secondary N) is 2. The van der Waals surface area contributed by atoms with E-state index >= 15 is 0 Å². The summed E-state index contributed by atoms with van der Waals surface area (Å²) in [5, 5.41) is 17.2. The lowest BCUT2D eigenvalue weighted by Crippen LogP contribution is -2.54. The minimum Gasteiger partial charge on any atom is -0.460 e. The summed E-state index contributed by atoms with van der Waals surface area (Å²) in [6, 6.07) is 6.28. The molecule has 0 aliphatic heterocycles. The van der Waals surface area contributed by atoms with E-state index in [1.165, 1.54) is 6.08 Å². The molecule has 1 atom stereocenters. The number of carbonyl (C=O) groups is 2. The molecule has 0 heterocycles. The molecule has 0 fully saturated rings. The molecular formula is C18H25N3O4. The summed E-state index contributed by atoms with van der Waals surface area (Å²) in [7, 11) is 0. The van der Waals surface area contributed by atoms with Crippen LogP contribution in [0.1, 0.15) is 39.2 Å². The van der Waals surface area contributed by atoms with Gasteiger partial charge in [-0.1, -0.05) is 43.3 Å². The highest BCUT2D eigenvalue weighted by Gasteiger charge is 2.35. The van der Waals surface area contributed by atoms with Crippen molar-refractivity contribution in [2.45, 2.75) is 39.2 Å². The Kier molecular flexibility index (Phi) is 7.65. The number of ether oxygens (including phenoxy) is 1. The highest BCUT2D eigenvalue weighted by atomic mass is 16.5. The van der Waals surface area contributed by atoms with Gasteiger partial charge in [0.2, 0.25) is 0 Å². The Hall–Kier alpha value is -2.83. The van der Waals surface area contributed by atoms with Crippen molar-refractivity contribution in [1.82, 2.24) is 5.32 Å². The van der Waals surface area contributed by atoms with Gasteiger partial charge in [-0.3, -0.25) is 0 Å². The van der Waals surface area contributed by atoms with Crippen molar-refractivity contribution >= 4 is 23.4 Å². The Labute approximate surface area is 147 Å². The largest absolute Gasteiger partial charge is 0.460 e. The van der Waals surface area contributed by atoms with E-state index in [0.29, 0.717) is 24.2 Å². The van der Waals surface area contributed by atoms with Crippen LogP contribution >= 0.6 is 0 Å². The first kappa shape index (κ1) is 20.2. The number of benzene rings is 1. The second kappa shape index (κ2) is 9.46. The van der Waals surface area contributed by atoms with E-state index in [1.54, 1.807) is 38.1 Å². The molecule has 2 amide bonds. The van der Waals surface area contributed by atoms with Gasteiger partial charge >= 0.3 is 12.0 Å². The molecule has 7 nitrogen and oxygen atoms in total. The molecule has 0 radical (unpaired) electrons. The SMILES string of the molecule is C=CCOC(=O)C(C)(CCC)NC(=O)Nc1ccc(C(C)=NO)cc1. The average Bonchev–Trinajstić information content (AvgIpc) is 2.59. The minimum absolute atomic E-state index is 0.0919. The van der Waals surface area contributed by atoms with Gasteiger partial charge in [-0.15, -0.1) is 0 Å². The molecule has 1 unspecified atom stereocenters. The number of amides is 2. The molecule has 0 saturated heterocycles. The van der Waals surface area contributed by atoms with Gasteiger partial charge in [-0.2, -0.15) is 0 Å². The Morgan fingerprint density at radius 2 is 2.00 bits per heavy atom. The van der Waals surface area contributed by atoms with Gasteiger partial charge in [0, 0.05) is 5.69 Å². The van der Waals surface area contributed by atoms with Crippen molar-refractivity contribution in [3.8, 4) is 0 Å². The standard InChI is InChI=1S/C18H25N3O4/c1-5-11-18(4,16(22)25-12-6-2)20-17(23)19-15-9-7-14(8-10-15)13(3)21-24/h6-10,24H,2,5,11-12H2,1,3-4H3,(H2,19,20,23). The van der Waals surface area contributed by atoms with Crippen LogP contribution in [0.5, 0.6) is 0 Å². The molecule has 0 aliphatic carbocycles. The molecule has 25 heavy (non-hydrogen) atoms. The number of hydrogen-bond acceptors (Lipinski definition) is 5. The van der Waals surface area contributed by atoms with Crippen molar-refractivity contribution in [2.75, 3.05) is 11.9 Å². The highest BCUT2D eigenvalue weighted by Crippen LogP contribution is 2.16. The Bertz CT molecular complexity index is 640. The summed E-state index contributed by atoms with van der Waals surface area (Å²) < 4.78 is 5.08. The van der Waals surface area contributed by atoms with Gasteiger partial charge in [0.05, 0.1) is 5.71 Å². The zero-order valence-electron chi connectivity index (χ0n) is 14.8. The molecule has 0 aliphatic rings. The van der Waals surface area contributed by atoms with Gasteiger partial charge in [-0.25, -0.2) is 9.59 Å². The first-order chi connectivity index (χ1) is 11.9. The zero-order valence-corrected chi connectivity index (χ0v) is 14.8. The highest BCUT2D eigenvalue weighted by molar-refractivity contribution is 5.99. The number of rotatable bonds is 8. The normalized spacial score (nSPS) is 13.5.